The molecular formula is C22H23N5O3. The second-order valence-electron chi connectivity index (χ2n) is 6.67. The van der Waals surface area contributed by atoms with Gasteiger partial charge in [0.2, 0.25) is 0 Å². The molecule has 0 unspecified atom stereocenters. The molecule has 0 saturated heterocycles. The molecule has 0 amide bonds. The molecule has 2 aromatic heterocycles. The Morgan fingerprint density at radius 2 is 1.90 bits per heavy atom. The molecule has 0 spiro atoms. The molecule has 0 aliphatic heterocycles. The van der Waals surface area contributed by atoms with Crippen LogP contribution in [0.1, 0.15) is 4.11 Å². The van der Waals surface area contributed by atoms with E-state index < -0.39 is 7.04 Å². The smallest absolute Gasteiger partial charge is 0.124 e. The fourth-order valence-electron chi connectivity index (χ4n) is 3.26. The SMILES string of the molecule is [2H]C([2H])([2H])Oc1cc(OC)cc(N(CCO)c2ccc3ncc(-c4cnn(C)c4)nc3c2)c1. The molecule has 0 aliphatic carbocycles. The average molecular weight is 408 g/mol. The van der Waals surface area contributed by atoms with E-state index in [9.17, 15) is 5.11 Å². The van der Waals surface area contributed by atoms with Gasteiger partial charge in [-0.2, -0.15) is 5.10 Å². The first-order valence-corrected chi connectivity index (χ1v) is 9.28. The van der Waals surface area contributed by atoms with Gasteiger partial charge in [-0.05, 0) is 18.2 Å². The van der Waals surface area contributed by atoms with E-state index in [0.29, 0.717) is 28.2 Å². The molecule has 8 heteroatoms. The number of aromatic nitrogens is 4. The summed E-state index contributed by atoms with van der Waals surface area (Å²) in [6.07, 6.45) is 5.28. The Morgan fingerprint density at radius 1 is 1.07 bits per heavy atom. The highest BCUT2D eigenvalue weighted by Gasteiger charge is 2.14. The Kier molecular flexibility index (Phi) is 4.52. The van der Waals surface area contributed by atoms with Crippen LogP contribution in [-0.2, 0) is 7.05 Å². The Hall–Kier alpha value is -3.65. The number of aliphatic hydroxyl groups is 1. The third-order valence-corrected chi connectivity index (χ3v) is 4.69. The zero-order valence-corrected chi connectivity index (χ0v) is 16.6. The lowest BCUT2D eigenvalue weighted by atomic mass is 10.2. The van der Waals surface area contributed by atoms with Crippen LogP contribution in [0.4, 0.5) is 11.4 Å². The predicted octanol–water partition coefficient (Wildman–Crippen LogP) is 3.18. The van der Waals surface area contributed by atoms with Gasteiger partial charge in [0, 0.05) is 54.9 Å². The molecule has 4 rings (SSSR count). The fraction of sp³-hybridized carbons (Fsp3) is 0.227. The Morgan fingerprint density at radius 3 is 2.60 bits per heavy atom. The molecule has 2 aromatic carbocycles. The molecule has 0 bridgehead atoms. The summed E-state index contributed by atoms with van der Waals surface area (Å²) in [5.74, 6) is 0.556. The van der Waals surface area contributed by atoms with Gasteiger partial charge in [0.05, 0.1) is 54.0 Å². The molecule has 2 heterocycles. The molecule has 154 valence electrons. The number of nitrogens with zero attached hydrogens (tertiary/aromatic N) is 5. The zero-order valence-electron chi connectivity index (χ0n) is 19.6. The normalized spacial score (nSPS) is 12.8. The van der Waals surface area contributed by atoms with Gasteiger partial charge in [-0.25, -0.2) is 4.98 Å². The van der Waals surface area contributed by atoms with Crippen molar-refractivity contribution in [3.05, 3.63) is 55.0 Å². The number of aryl methyl sites for hydroxylation is 1. The van der Waals surface area contributed by atoms with Crippen LogP contribution < -0.4 is 14.4 Å². The van der Waals surface area contributed by atoms with Gasteiger partial charge in [-0.1, -0.05) is 0 Å². The molecule has 1 N–H and O–H groups in total. The standard InChI is InChI=1S/C22H23N5O3/c1-26-14-15(12-24-26)22-13-23-20-5-4-16(10-21(20)25-22)27(6-7-28)17-8-18(29-2)11-19(9-17)30-3/h4-5,8-14,28H,6-7H2,1-3H3/i2D3. The van der Waals surface area contributed by atoms with E-state index in [2.05, 4.69) is 10.1 Å². The van der Waals surface area contributed by atoms with E-state index in [-0.39, 0.29) is 18.9 Å². The summed E-state index contributed by atoms with van der Waals surface area (Å²) in [5.41, 5.74) is 4.26. The molecule has 0 saturated carbocycles. The number of hydrogen-bond donors (Lipinski definition) is 1. The summed E-state index contributed by atoms with van der Waals surface area (Å²) >= 11 is 0. The molecule has 0 fully saturated rings. The minimum Gasteiger partial charge on any atom is -0.497 e. The van der Waals surface area contributed by atoms with Gasteiger partial charge in [0.15, 0.2) is 0 Å². The predicted molar refractivity (Wildman–Crippen MR) is 115 cm³/mol. The maximum atomic E-state index is 9.72. The van der Waals surface area contributed by atoms with Crippen molar-refractivity contribution in [2.45, 2.75) is 0 Å². The Balaban J connectivity index is 1.77. The van der Waals surface area contributed by atoms with E-state index >= 15 is 0 Å². The average Bonchev–Trinajstić information content (AvgIpc) is 3.21. The third-order valence-electron chi connectivity index (χ3n) is 4.69. The molecular weight excluding hydrogens is 382 g/mol. The second-order valence-corrected chi connectivity index (χ2v) is 6.67. The van der Waals surface area contributed by atoms with Gasteiger partial charge >= 0.3 is 0 Å². The fourth-order valence-corrected chi connectivity index (χ4v) is 3.26. The van der Waals surface area contributed by atoms with Gasteiger partial charge in [-0.3, -0.25) is 9.67 Å². The van der Waals surface area contributed by atoms with Crippen molar-refractivity contribution in [1.82, 2.24) is 19.7 Å². The topological polar surface area (TPSA) is 85.5 Å². The van der Waals surface area contributed by atoms with Crippen molar-refractivity contribution in [2.24, 2.45) is 7.05 Å². The van der Waals surface area contributed by atoms with E-state index in [4.69, 9.17) is 18.6 Å². The van der Waals surface area contributed by atoms with E-state index in [1.807, 2.05) is 36.3 Å². The lowest BCUT2D eigenvalue weighted by molar-refractivity contribution is 0.305. The summed E-state index contributed by atoms with van der Waals surface area (Å²) < 4.78 is 34.3. The largest absolute Gasteiger partial charge is 0.497 e. The van der Waals surface area contributed by atoms with Gasteiger partial charge < -0.3 is 19.5 Å². The molecule has 0 atom stereocenters. The van der Waals surface area contributed by atoms with Crippen LogP contribution in [0.5, 0.6) is 11.5 Å². The monoisotopic (exact) mass is 408 g/mol. The summed E-state index contributed by atoms with van der Waals surface area (Å²) in [7, 11) is 0.716. The summed E-state index contributed by atoms with van der Waals surface area (Å²) in [6, 6.07) is 10.4. The first kappa shape index (κ1) is 16.2. The van der Waals surface area contributed by atoms with Gasteiger partial charge in [0.25, 0.3) is 0 Å². The van der Waals surface area contributed by atoms with Crippen LogP contribution >= 0.6 is 0 Å². The van der Waals surface area contributed by atoms with Crippen LogP contribution in [-0.4, -0.2) is 52.2 Å². The maximum Gasteiger partial charge on any atom is 0.124 e. The zero-order chi connectivity index (χ0) is 23.6. The number of aliphatic hydroxyl groups excluding tert-OH is 1. The van der Waals surface area contributed by atoms with Crippen molar-refractivity contribution < 1.29 is 18.7 Å². The van der Waals surface area contributed by atoms with Gasteiger partial charge in [0.1, 0.15) is 11.5 Å². The Bertz CT molecular complexity index is 1280. The summed E-state index contributed by atoms with van der Waals surface area (Å²) in [5, 5.41) is 13.9. The van der Waals surface area contributed by atoms with Crippen molar-refractivity contribution >= 4 is 22.4 Å². The molecule has 0 aliphatic rings. The van der Waals surface area contributed by atoms with Crippen LogP contribution in [0.2, 0.25) is 0 Å². The lowest BCUT2D eigenvalue weighted by Crippen LogP contribution is -2.21. The van der Waals surface area contributed by atoms with E-state index in [1.54, 1.807) is 29.2 Å². The number of methoxy groups -OCH3 is 2. The highest BCUT2D eigenvalue weighted by molar-refractivity contribution is 5.82. The quantitative estimate of drug-likeness (QED) is 0.503. The van der Waals surface area contributed by atoms with Crippen LogP contribution in [0.25, 0.3) is 22.3 Å². The summed E-state index contributed by atoms with van der Waals surface area (Å²) in [6.45, 7) is 0.119. The molecule has 4 aromatic rings. The van der Waals surface area contributed by atoms with E-state index in [1.165, 1.54) is 13.2 Å². The van der Waals surface area contributed by atoms with Crippen molar-refractivity contribution in [3.63, 3.8) is 0 Å². The number of rotatable bonds is 7. The second kappa shape index (κ2) is 8.38. The summed E-state index contributed by atoms with van der Waals surface area (Å²) in [4.78, 5) is 11.1. The van der Waals surface area contributed by atoms with E-state index in [0.717, 1.165) is 11.3 Å². The minimum absolute atomic E-state index is 0.131. The highest BCUT2D eigenvalue weighted by Crippen LogP contribution is 2.33. The number of benzene rings is 2. The van der Waals surface area contributed by atoms with Crippen molar-refractivity contribution in [2.75, 3.05) is 32.2 Å². The number of anilines is 2. The van der Waals surface area contributed by atoms with Crippen LogP contribution in [0.15, 0.2) is 55.0 Å². The van der Waals surface area contributed by atoms with Crippen LogP contribution in [0.3, 0.4) is 0 Å². The first-order chi connectivity index (χ1) is 15.8. The molecule has 30 heavy (non-hydrogen) atoms. The Labute approximate surface area is 178 Å². The molecule has 0 radical (unpaired) electrons. The number of ether oxygens (including phenoxy) is 2. The lowest BCUT2D eigenvalue weighted by Gasteiger charge is -2.25. The van der Waals surface area contributed by atoms with Crippen molar-refractivity contribution in [3.8, 4) is 22.8 Å². The van der Waals surface area contributed by atoms with Crippen molar-refractivity contribution in [1.29, 1.82) is 0 Å². The highest BCUT2D eigenvalue weighted by atomic mass is 16.5. The van der Waals surface area contributed by atoms with Crippen LogP contribution in [0, 0.1) is 0 Å². The third kappa shape index (κ3) is 3.90. The maximum absolute atomic E-state index is 9.72. The molecule has 8 nitrogen and oxygen atoms in total. The first-order valence-electron chi connectivity index (χ1n) is 10.8. The van der Waals surface area contributed by atoms with Gasteiger partial charge in [-0.15, -0.1) is 0 Å². The minimum atomic E-state index is -2.60. The number of fused-ring (bicyclic) bond motifs is 1. The number of hydrogen-bond acceptors (Lipinski definition) is 7.